The molecule has 0 spiro atoms. The van der Waals surface area contributed by atoms with E-state index in [2.05, 4.69) is 24.3 Å². The van der Waals surface area contributed by atoms with Gasteiger partial charge in [0.15, 0.2) is 23.0 Å². The van der Waals surface area contributed by atoms with Crippen molar-refractivity contribution in [1.82, 2.24) is 0 Å². The van der Waals surface area contributed by atoms with Crippen molar-refractivity contribution in [3.8, 4) is 34.5 Å². The number of ether oxygens (including phenoxy) is 2. The number of methoxy groups -OCH3 is 2. The average Bonchev–Trinajstić information content (AvgIpc) is 2.97. The van der Waals surface area contributed by atoms with Crippen molar-refractivity contribution in [2.24, 2.45) is 0 Å². The van der Waals surface area contributed by atoms with Crippen molar-refractivity contribution in [3.05, 3.63) is 143 Å². The lowest BCUT2D eigenvalue weighted by Gasteiger charge is -2.23. The van der Waals surface area contributed by atoms with Gasteiger partial charge >= 0.3 is 0 Å². The van der Waals surface area contributed by atoms with E-state index in [-0.39, 0.29) is 34.8 Å². The number of hydrogen-bond donors (Lipinski definition) is 4. The minimum Gasteiger partial charge on any atom is -0.508 e. The second kappa shape index (κ2) is 11.3. The van der Waals surface area contributed by atoms with Gasteiger partial charge in [-0.15, -0.1) is 0 Å². The van der Waals surface area contributed by atoms with E-state index in [1.54, 1.807) is 36.4 Å². The fourth-order valence-corrected chi connectivity index (χ4v) is 5.12. The van der Waals surface area contributed by atoms with Gasteiger partial charge in [0.25, 0.3) is 0 Å². The molecule has 0 heterocycles. The third-order valence-corrected chi connectivity index (χ3v) is 7.13. The van der Waals surface area contributed by atoms with E-state index >= 15 is 0 Å². The molecule has 0 aliphatic rings. The molecular weight excluding hydrogens is 504 g/mol. The zero-order chi connectivity index (χ0) is 28.2. The van der Waals surface area contributed by atoms with Gasteiger partial charge in [-0.25, -0.2) is 0 Å². The minimum atomic E-state index is -0.251. The van der Waals surface area contributed by atoms with Gasteiger partial charge in [-0.3, -0.25) is 0 Å². The highest BCUT2D eigenvalue weighted by Gasteiger charge is 2.22. The van der Waals surface area contributed by atoms with Crippen molar-refractivity contribution < 1.29 is 29.9 Å². The largest absolute Gasteiger partial charge is 0.508 e. The maximum atomic E-state index is 10.2. The number of benzene rings is 5. The second-order valence-corrected chi connectivity index (χ2v) is 9.58. The Bertz CT molecular complexity index is 1490. The average molecular weight is 535 g/mol. The first-order valence-electron chi connectivity index (χ1n) is 12.8. The summed E-state index contributed by atoms with van der Waals surface area (Å²) in [5.41, 5.74) is 5.80. The van der Waals surface area contributed by atoms with Crippen LogP contribution in [0.4, 0.5) is 0 Å². The van der Waals surface area contributed by atoms with Gasteiger partial charge in [0, 0.05) is 11.8 Å². The third-order valence-electron chi connectivity index (χ3n) is 7.13. The molecule has 0 atom stereocenters. The van der Waals surface area contributed by atoms with Crippen LogP contribution in [0.2, 0.25) is 0 Å². The first-order chi connectivity index (χ1) is 19.4. The molecule has 0 saturated carbocycles. The zero-order valence-corrected chi connectivity index (χ0v) is 22.2. The SMILES string of the molecule is COc1cc(C(c2ccc(C(c3ccc(O)cc3)c3ccc(O)cc3)cc2)c2ccc(O)c(OC)c2)ccc1O. The van der Waals surface area contributed by atoms with Crippen molar-refractivity contribution >= 4 is 0 Å². The molecule has 0 aliphatic carbocycles. The Hall–Kier alpha value is -5.10. The van der Waals surface area contributed by atoms with Crippen LogP contribution in [-0.4, -0.2) is 34.6 Å². The van der Waals surface area contributed by atoms with Gasteiger partial charge < -0.3 is 29.9 Å². The summed E-state index contributed by atoms with van der Waals surface area (Å²) in [4.78, 5) is 0. The molecule has 202 valence electrons. The van der Waals surface area contributed by atoms with Gasteiger partial charge in [-0.2, -0.15) is 0 Å². The molecule has 5 aromatic carbocycles. The molecule has 0 aliphatic heterocycles. The topological polar surface area (TPSA) is 99.4 Å². The molecule has 6 nitrogen and oxygen atoms in total. The zero-order valence-electron chi connectivity index (χ0n) is 22.2. The molecule has 5 aromatic rings. The summed E-state index contributed by atoms with van der Waals surface area (Å²) < 4.78 is 10.8. The molecule has 6 heteroatoms. The van der Waals surface area contributed by atoms with E-state index in [0.717, 1.165) is 33.4 Å². The Labute approximate surface area is 233 Å². The number of aromatic hydroxyl groups is 4. The number of phenolic OH excluding ortho intramolecular Hbond substituents is 4. The Morgan fingerprint density at radius 1 is 0.400 bits per heavy atom. The Morgan fingerprint density at radius 2 is 0.675 bits per heavy atom. The second-order valence-electron chi connectivity index (χ2n) is 9.58. The summed E-state index contributed by atoms with van der Waals surface area (Å²) in [6.07, 6.45) is 0. The fourth-order valence-electron chi connectivity index (χ4n) is 5.12. The molecular formula is C34H30O6. The van der Waals surface area contributed by atoms with Gasteiger partial charge in [0.05, 0.1) is 14.2 Å². The Balaban J connectivity index is 1.62. The van der Waals surface area contributed by atoms with Gasteiger partial charge in [0.2, 0.25) is 0 Å². The maximum Gasteiger partial charge on any atom is 0.160 e. The minimum absolute atomic E-state index is 0.0503. The lowest BCUT2D eigenvalue weighted by molar-refractivity contribution is 0.372. The number of phenols is 4. The molecule has 5 rings (SSSR count). The Morgan fingerprint density at radius 3 is 1.00 bits per heavy atom. The molecule has 0 aromatic heterocycles. The van der Waals surface area contributed by atoms with Gasteiger partial charge in [0.1, 0.15) is 11.5 Å². The van der Waals surface area contributed by atoms with E-state index in [4.69, 9.17) is 9.47 Å². The highest BCUT2D eigenvalue weighted by Crippen LogP contribution is 2.41. The summed E-state index contributed by atoms with van der Waals surface area (Å²) in [7, 11) is 3.03. The van der Waals surface area contributed by atoms with Crippen molar-refractivity contribution in [2.45, 2.75) is 11.8 Å². The van der Waals surface area contributed by atoms with E-state index < -0.39 is 0 Å². The van der Waals surface area contributed by atoms with E-state index in [1.807, 2.05) is 48.5 Å². The Kier molecular flexibility index (Phi) is 7.51. The van der Waals surface area contributed by atoms with E-state index in [1.165, 1.54) is 14.2 Å². The summed E-state index contributed by atoms with van der Waals surface area (Å²) in [5.74, 6) is 0.841. The van der Waals surface area contributed by atoms with Crippen LogP contribution in [0.1, 0.15) is 45.2 Å². The van der Waals surface area contributed by atoms with E-state index in [0.29, 0.717) is 11.5 Å². The van der Waals surface area contributed by atoms with Gasteiger partial charge in [-0.05, 0) is 81.9 Å². The first kappa shape index (κ1) is 26.5. The fraction of sp³-hybridized carbons (Fsp3) is 0.118. The summed E-state index contributed by atoms with van der Waals surface area (Å²) in [6, 6.07) is 33.1. The van der Waals surface area contributed by atoms with Crippen molar-refractivity contribution in [1.29, 1.82) is 0 Å². The van der Waals surface area contributed by atoms with Crippen LogP contribution in [0, 0.1) is 0 Å². The molecule has 0 bridgehead atoms. The summed E-state index contributed by atoms with van der Waals surface area (Å²) in [6.45, 7) is 0. The van der Waals surface area contributed by atoms with Gasteiger partial charge in [-0.1, -0.05) is 60.7 Å². The smallest absolute Gasteiger partial charge is 0.160 e. The van der Waals surface area contributed by atoms with Crippen molar-refractivity contribution in [3.63, 3.8) is 0 Å². The quantitative estimate of drug-likeness (QED) is 0.162. The lowest BCUT2D eigenvalue weighted by atomic mass is 9.81. The van der Waals surface area contributed by atoms with Crippen LogP contribution in [0.15, 0.2) is 109 Å². The molecule has 40 heavy (non-hydrogen) atoms. The van der Waals surface area contributed by atoms with Crippen LogP contribution >= 0.6 is 0 Å². The highest BCUT2D eigenvalue weighted by molar-refractivity contribution is 5.54. The molecule has 0 unspecified atom stereocenters. The third kappa shape index (κ3) is 5.38. The van der Waals surface area contributed by atoms with Crippen LogP contribution in [-0.2, 0) is 0 Å². The van der Waals surface area contributed by atoms with Crippen LogP contribution in [0.5, 0.6) is 34.5 Å². The van der Waals surface area contributed by atoms with Crippen molar-refractivity contribution in [2.75, 3.05) is 14.2 Å². The molecule has 0 amide bonds. The lowest BCUT2D eigenvalue weighted by Crippen LogP contribution is -2.07. The molecule has 0 saturated heterocycles. The van der Waals surface area contributed by atoms with Crippen LogP contribution < -0.4 is 9.47 Å². The maximum absolute atomic E-state index is 10.2. The number of rotatable bonds is 8. The highest BCUT2D eigenvalue weighted by atomic mass is 16.5. The summed E-state index contributed by atoms with van der Waals surface area (Å²) >= 11 is 0. The molecule has 4 N–H and O–H groups in total. The monoisotopic (exact) mass is 534 g/mol. The predicted octanol–water partition coefficient (Wildman–Crippen LogP) is 6.89. The molecule has 0 radical (unpaired) electrons. The number of hydrogen-bond acceptors (Lipinski definition) is 6. The van der Waals surface area contributed by atoms with E-state index in [9.17, 15) is 20.4 Å². The normalized spacial score (nSPS) is 11.1. The van der Waals surface area contributed by atoms with Crippen LogP contribution in [0.25, 0.3) is 0 Å². The summed E-state index contributed by atoms with van der Waals surface area (Å²) in [5, 5.41) is 40.1. The van der Waals surface area contributed by atoms with Crippen LogP contribution in [0.3, 0.4) is 0 Å². The first-order valence-corrected chi connectivity index (χ1v) is 12.8. The molecule has 0 fully saturated rings. The standard InChI is InChI=1S/C34H30O6/c1-39-31-19-25(11-17-29(31)37)34(26-12-18-30(38)32(20-26)40-2)22-5-3-21(4-6-22)33(23-7-13-27(35)14-8-23)24-9-15-28(36)16-10-24/h3-20,33-38H,1-2H3. The predicted molar refractivity (Wildman–Crippen MR) is 154 cm³/mol.